The van der Waals surface area contributed by atoms with Crippen LogP contribution in [-0.4, -0.2) is 19.1 Å². The van der Waals surface area contributed by atoms with E-state index in [1.807, 2.05) is 0 Å². The molecule has 0 aliphatic carbocycles. The number of carbonyl (C=O) groups is 1. The van der Waals surface area contributed by atoms with Gasteiger partial charge in [0.2, 0.25) is 5.22 Å². The van der Waals surface area contributed by atoms with E-state index in [1.165, 1.54) is 12.3 Å². The fourth-order valence-electron chi connectivity index (χ4n) is 1.49. The second-order valence-electron chi connectivity index (χ2n) is 3.78. The van der Waals surface area contributed by atoms with Gasteiger partial charge in [-0.2, -0.15) is 0 Å². The van der Waals surface area contributed by atoms with Gasteiger partial charge in [0, 0.05) is 11.8 Å². The molecule has 0 bridgehead atoms. The van der Waals surface area contributed by atoms with E-state index in [0.29, 0.717) is 30.2 Å². The number of hydrogen-bond donors (Lipinski definition) is 2. The molecule has 1 amide bonds. The molecule has 0 spiro atoms. The monoisotopic (exact) mass is 280 g/mol. The maximum Gasteiger partial charge on any atom is 0.256 e. The number of hydrogen-bond acceptors (Lipinski definition) is 4. The lowest BCUT2D eigenvalue weighted by Gasteiger charge is -2.07. The van der Waals surface area contributed by atoms with Gasteiger partial charge in [-0.25, -0.2) is 0 Å². The minimum absolute atomic E-state index is 0.0780. The van der Waals surface area contributed by atoms with Gasteiger partial charge in [0.1, 0.15) is 12.4 Å². The van der Waals surface area contributed by atoms with Crippen LogP contribution < -0.4 is 15.8 Å². The zero-order chi connectivity index (χ0) is 13.7. The van der Waals surface area contributed by atoms with Crippen molar-refractivity contribution < 1.29 is 13.9 Å². The van der Waals surface area contributed by atoms with E-state index in [9.17, 15) is 4.79 Å². The fourth-order valence-corrected chi connectivity index (χ4v) is 1.69. The van der Waals surface area contributed by atoms with Gasteiger partial charge in [0.15, 0.2) is 0 Å². The first-order chi connectivity index (χ1) is 9.16. The average molecular weight is 281 g/mol. The van der Waals surface area contributed by atoms with Crippen molar-refractivity contribution in [3.63, 3.8) is 0 Å². The average Bonchev–Trinajstić information content (AvgIpc) is 2.81. The Morgan fingerprint density at radius 2 is 2.26 bits per heavy atom. The standard InChI is InChI=1S/C13H13ClN2O3/c14-12-11(4-6-19-12)13(17)16-5-7-18-10-3-1-2-9(15)8-10/h1-4,6,8H,5,7,15H2,(H,16,17). The minimum atomic E-state index is -0.296. The summed E-state index contributed by atoms with van der Waals surface area (Å²) in [4.78, 5) is 11.7. The second kappa shape index (κ2) is 6.15. The highest BCUT2D eigenvalue weighted by Gasteiger charge is 2.11. The third-order valence-electron chi connectivity index (χ3n) is 2.38. The zero-order valence-electron chi connectivity index (χ0n) is 10.1. The molecule has 0 fully saturated rings. The molecule has 2 aromatic rings. The van der Waals surface area contributed by atoms with E-state index in [-0.39, 0.29) is 11.1 Å². The minimum Gasteiger partial charge on any atom is -0.492 e. The van der Waals surface area contributed by atoms with Crippen LogP contribution in [0.3, 0.4) is 0 Å². The van der Waals surface area contributed by atoms with Crippen LogP contribution in [0.1, 0.15) is 10.4 Å². The predicted octanol–water partition coefficient (Wildman–Crippen LogP) is 2.32. The molecule has 0 radical (unpaired) electrons. The molecule has 2 rings (SSSR count). The van der Waals surface area contributed by atoms with Crippen LogP contribution in [0, 0.1) is 0 Å². The van der Waals surface area contributed by atoms with E-state index in [1.54, 1.807) is 24.3 Å². The van der Waals surface area contributed by atoms with Crippen LogP contribution in [0.15, 0.2) is 41.0 Å². The predicted molar refractivity (Wildman–Crippen MR) is 72.4 cm³/mol. The largest absolute Gasteiger partial charge is 0.492 e. The Balaban J connectivity index is 1.75. The van der Waals surface area contributed by atoms with Gasteiger partial charge in [-0.05, 0) is 29.8 Å². The van der Waals surface area contributed by atoms with E-state index >= 15 is 0 Å². The Hall–Kier alpha value is -2.14. The van der Waals surface area contributed by atoms with Gasteiger partial charge in [-0.1, -0.05) is 6.07 Å². The zero-order valence-corrected chi connectivity index (χ0v) is 10.8. The quantitative estimate of drug-likeness (QED) is 0.651. The number of amides is 1. The molecule has 19 heavy (non-hydrogen) atoms. The molecule has 100 valence electrons. The SMILES string of the molecule is Nc1cccc(OCCNC(=O)c2ccoc2Cl)c1. The molecule has 0 atom stereocenters. The Kier molecular flexibility index (Phi) is 4.30. The normalized spacial score (nSPS) is 10.2. The van der Waals surface area contributed by atoms with Crippen LogP contribution in [0.2, 0.25) is 5.22 Å². The summed E-state index contributed by atoms with van der Waals surface area (Å²) in [6.07, 6.45) is 1.36. The summed E-state index contributed by atoms with van der Waals surface area (Å²) >= 11 is 5.69. The number of nitrogen functional groups attached to an aromatic ring is 1. The number of nitrogens with two attached hydrogens (primary N) is 1. The van der Waals surface area contributed by atoms with Crippen molar-refractivity contribution in [1.82, 2.24) is 5.32 Å². The molecule has 1 aromatic carbocycles. The van der Waals surface area contributed by atoms with E-state index in [0.717, 1.165) is 0 Å². The number of rotatable bonds is 5. The summed E-state index contributed by atoms with van der Waals surface area (Å²) < 4.78 is 10.3. The number of halogens is 1. The smallest absolute Gasteiger partial charge is 0.256 e. The van der Waals surface area contributed by atoms with Crippen LogP contribution in [0.25, 0.3) is 0 Å². The maximum atomic E-state index is 11.7. The number of furan rings is 1. The first kappa shape index (κ1) is 13.3. The molecule has 6 heteroatoms. The molecule has 1 aromatic heterocycles. The van der Waals surface area contributed by atoms with Crippen LogP contribution in [0.5, 0.6) is 5.75 Å². The van der Waals surface area contributed by atoms with Gasteiger partial charge in [-0.3, -0.25) is 4.79 Å². The van der Waals surface area contributed by atoms with E-state index in [4.69, 9.17) is 26.5 Å². The van der Waals surface area contributed by atoms with Gasteiger partial charge in [-0.15, -0.1) is 0 Å². The van der Waals surface area contributed by atoms with Crippen molar-refractivity contribution in [2.24, 2.45) is 0 Å². The van der Waals surface area contributed by atoms with Crippen molar-refractivity contribution in [2.45, 2.75) is 0 Å². The molecular weight excluding hydrogens is 268 g/mol. The second-order valence-corrected chi connectivity index (χ2v) is 4.13. The number of ether oxygens (including phenoxy) is 1. The van der Waals surface area contributed by atoms with Gasteiger partial charge in [0.25, 0.3) is 5.91 Å². The molecule has 0 unspecified atom stereocenters. The third-order valence-corrected chi connectivity index (χ3v) is 2.67. The van der Waals surface area contributed by atoms with Crippen molar-refractivity contribution in [2.75, 3.05) is 18.9 Å². The van der Waals surface area contributed by atoms with Gasteiger partial charge < -0.3 is 20.2 Å². The third kappa shape index (κ3) is 3.66. The highest BCUT2D eigenvalue weighted by molar-refractivity contribution is 6.32. The molecule has 0 saturated heterocycles. The first-order valence-electron chi connectivity index (χ1n) is 5.66. The van der Waals surface area contributed by atoms with Crippen molar-refractivity contribution >= 4 is 23.2 Å². The van der Waals surface area contributed by atoms with Gasteiger partial charge >= 0.3 is 0 Å². The van der Waals surface area contributed by atoms with E-state index in [2.05, 4.69) is 5.32 Å². The first-order valence-corrected chi connectivity index (χ1v) is 6.04. The number of benzene rings is 1. The molecule has 0 aliphatic rings. The lowest BCUT2D eigenvalue weighted by Crippen LogP contribution is -2.27. The number of carbonyl (C=O) groups excluding carboxylic acids is 1. The summed E-state index contributed by atoms with van der Waals surface area (Å²) in [7, 11) is 0. The van der Waals surface area contributed by atoms with Crippen LogP contribution in [0.4, 0.5) is 5.69 Å². The van der Waals surface area contributed by atoms with Crippen LogP contribution in [-0.2, 0) is 0 Å². The molecule has 1 heterocycles. The topological polar surface area (TPSA) is 77.5 Å². The summed E-state index contributed by atoms with van der Waals surface area (Å²) in [5.74, 6) is 0.366. The van der Waals surface area contributed by atoms with Crippen molar-refractivity contribution in [3.05, 3.63) is 47.4 Å². The summed E-state index contributed by atoms with van der Waals surface area (Å²) in [6.45, 7) is 0.694. The Morgan fingerprint density at radius 1 is 1.42 bits per heavy atom. The van der Waals surface area contributed by atoms with Crippen molar-refractivity contribution in [1.29, 1.82) is 0 Å². The molecule has 0 aliphatic heterocycles. The number of anilines is 1. The maximum absolute atomic E-state index is 11.7. The Morgan fingerprint density at radius 3 is 2.95 bits per heavy atom. The fraction of sp³-hybridized carbons (Fsp3) is 0.154. The molecule has 3 N–H and O–H groups in total. The number of nitrogens with one attached hydrogen (secondary N) is 1. The highest BCUT2D eigenvalue weighted by atomic mass is 35.5. The summed E-state index contributed by atoms with van der Waals surface area (Å²) in [5.41, 5.74) is 6.56. The summed E-state index contributed by atoms with van der Waals surface area (Å²) in [5, 5.41) is 2.75. The van der Waals surface area contributed by atoms with Crippen LogP contribution >= 0.6 is 11.6 Å². The Bertz CT molecular complexity index is 569. The molecular formula is C13H13ClN2O3. The molecule has 5 nitrogen and oxygen atoms in total. The van der Waals surface area contributed by atoms with Gasteiger partial charge in [0.05, 0.1) is 18.4 Å². The summed E-state index contributed by atoms with van der Waals surface area (Å²) in [6, 6.07) is 8.60. The van der Waals surface area contributed by atoms with E-state index < -0.39 is 0 Å². The lowest BCUT2D eigenvalue weighted by molar-refractivity contribution is 0.0946. The van der Waals surface area contributed by atoms with Crippen molar-refractivity contribution in [3.8, 4) is 5.75 Å². The lowest BCUT2D eigenvalue weighted by atomic mass is 10.3. The molecule has 0 saturated carbocycles. The Labute approximate surface area is 115 Å². The highest BCUT2D eigenvalue weighted by Crippen LogP contribution is 2.16.